The van der Waals surface area contributed by atoms with E-state index in [9.17, 15) is 0 Å². The molecule has 0 aliphatic heterocycles. The van der Waals surface area contributed by atoms with Gasteiger partial charge in [-0.1, -0.05) is 25.1 Å². The van der Waals surface area contributed by atoms with Crippen molar-refractivity contribution in [3.63, 3.8) is 0 Å². The van der Waals surface area contributed by atoms with Crippen LogP contribution in [0.25, 0.3) is 0 Å². The molecule has 0 saturated carbocycles. The summed E-state index contributed by atoms with van der Waals surface area (Å²) < 4.78 is 0. The van der Waals surface area contributed by atoms with E-state index in [1.165, 1.54) is 11.3 Å². The van der Waals surface area contributed by atoms with Gasteiger partial charge < -0.3 is 10.2 Å². The highest BCUT2D eigenvalue weighted by molar-refractivity contribution is 5.46. The zero-order valence-electron chi connectivity index (χ0n) is 10.4. The third-order valence-corrected chi connectivity index (χ3v) is 2.70. The zero-order chi connectivity index (χ0) is 11.8. The average molecular weight is 218 g/mol. The van der Waals surface area contributed by atoms with Crippen molar-refractivity contribution in [2.75, 3.05) is 31.6 Å². The minimum atomic E-state index is 0.878. The van der Waals surface area contributed by atoms with E-state index < -0.39 is 0 Å². The molecule has 0 unspecified atom stereocenters. The maximum absolute atomic E-state index is 3.68. The number of benzene rings is 1. The highest BCUT2D eigenvalue weighted by atomic mass is 15.1. The van der Waals surface area contributed by atoms with E-state index >= 15 is 0 Å². The van der Waals surface area contributed by atoms with Crippen LogP contribution in [-0.4, -0.2) is 26.7 Å². The molecule has 0 spiro atoms. The lowest BCUT2D eigenvalue weighted by molar-refractivity contribution is 0.730. The van der Waals surface area contributed by atoms with Crippen molar-refractivity contribution < 1.29 is 0 Å². The topological polar surface area (TPSA) is 15.3 Å². The van der Waals surface area contributed by atoms with E-state index in [-0.39, 0.29) is 0 Å². The third kappa shape index (κ3) is 4.07. The normalized spacial score (nSPS) is 10.1. The summed E-state index contributed by atoms with van der Waals surface area (Å²) in [4.78, 5) is 2.26. The first-order chi connectivity index (χ1) is 7.77. The molecule has 0 heterocycles. The molecule has 0 bridgehead atoms. The van der Waals surface area contributed by atoms with E-state index in [2.05, 4.69) is 55.0 Å². The summed E-state index contributed by atoms with van der Waals surface area (Å²) in [7, 11) is 2.12. The molecule has 0 saturated heterocycles. The molecule has 0 amide bonds. The molecule has 2 nitrogen and oxygen atoms in total. The smallest absolute Gasteiger partial charge is 0.0364 e. The number of hydrogen-bond donors (Lipinski definition) is 1. The fraction of sp³-hybridized carbons (Fsp3) is 0.429. The molecule has 0 aliphatic rings. The Labute approximate surface area is 99.0 Å². The van der Waals surface area contributed by atoms with Crippen LogP contribution in [0.4, 0.5) is 5.69 Å². The Balaban J connectivity index is 2.39. The standard InChI is InChI=1S/C14H22N2/c1-4-10-15-11-12-16(3)14-8-6-13(5-2)7-9-14/h4,6-9,15H,1,5,10-12H2,2-3H3. The predicted octanol–water partition coefficient (Wildman–Crippen LogP) is 2.46. The first-order valence-corrected chi connectivity index (χ1v) is 5.89. The fourth-order valence-electron chi connectivity index (χ4n) is 1.57. The van der Waals surface area contributed by atoms with Crippen molar-refractivity contribution in [1.29, 1.82) is 0 Å². The molecule has 1 rings (SSSR count). The predicted molar refractivity (Wildman–Crippen MR) is 72.2 cm³/mol. The fourth-order valence-corrected chi connectivity index (χ4v) is 1.57. The van der Waals surface area contributed by atoms with Crippen molar-refractivity contribution >= 4 is 5.69 Å². The van der Waals surface area contributed by atoms with Gasteiger partial charge in [0.1, 0.15) is 0 Å². The first-order valence-electron chi connectivity index (χ1n) is 5.89. The van der Waals surface area contributed by atoms with Gasteiger partial charge in [-0.25, -0.2) is 0 Å². The van der Waals surface area contributed by atoms with Gasteiger partial charge in [-0.05, 0) is 24.1 Å². The molecular weight excluding hydrogens is 196 g/mol. The van der Waals surface area contributed by atoms with Crippen molar-refractivity contribution in [2.45, 2.75) is 13.3 Å². The molecular formula is C14H22N2. The van der Waals surface area contributed by atoms with E-state index in [4.69, 9.17) is 0 Å². The van der Waals surface area contributed by atoms with Crippen LogP contribution in [0.5, 0.6) is 0 Å². The van der Waals surface area contributed by atoms with E-state index in [1.54, 1.807) is 0 Å². The maximum Gasteiger partial charge on any atom is 0.0364 e. The Morgan fingerprint density at radius 1 is 1.31 bits per heavy atom. The summed E-state index contributed by atoms with van der Waals surface area (Å²) in [6.45, 7) is 8.73. The monoisotopic (exact) mass is 218 g/mol. The number of hydrogen-bond acceptors (Lipinski definition) is 2. The summed E-state index contributed by atoms with van der Waals surface area (Å²) >= 11 is 0. The zero-order valence-corrected chi connectivity index (χ0v) is 10.4. The molecule has 1 aromatic carbocycles. The number of nitrogens with zero attached hydrogens (tertiary/aromatic N) is 1. The van der Waals surface area contributed by atoms with Crippen LogP contribution in [0, 0.1) is 0 Å². The summed E-state index contributed by atoms with van der Waals surface area (Å²) in [5, 5.41) is 3.30. The van der Waals surface area contributed by atoms with Gasteiger partial charge in [-0.15, -0.1) is 6.58 Å². The maximum atomic E-state index is 3.68. The second-order valence-corrected chi connectivity index (χ2v) is 3.93. The van der Waals surface area contributed by atoms with Crippen LogP contribution < -0.4 is 10.2 Å². The van der Waals surface area contributed by atoms with Crippen LogP contribution in [0.15, 0.2) is 36.9 Å². The summed E-state index contributed by atoms with van der Waals surface area (Å²) in [5.41, 5.74) is 2.67. The Hall–Kier alpha value is -1.28. The largest absolute Gasteiger partial charge is 0.373 e. The highest BCUT2D eigenvalue weighted by Gasteiger charge is 1.99. The summed E-state index contributed by atoms with van der Waals surface area (Å²) in [5.74, 6) is 0. The Bertz CT molecular complexity index is 303. The van der Waals surface area contributed by atoms with Crippen LogP contribution in [-0.2, 0) is 6.42 Å². The molecule has 0 radical (unpaired) electrons. The second kappa shape index (κ2) is 7.07. The molecule has 0 fully saturated rings. The van der Waals surface area contributed by atoms with Gasteiger partial charge in [0.05, 0.1) is 0 Å². The molecule has 1 N–H and O–H groups in total. The Morgan fingerprint density at radius 2 is 2.00 bits per heavy atom. The SMILES string of the molecule is C=CCNCCN(C)c1ccc(CC)cc1. The minimum Gasteiger partial charge on any atom is -0.373 e. The van der Waals surface area contributed by atoms with Crippen molar-refractivity contribution in [3.05, 3.63) is 42.5 Å². The molecule has 88 valence electrons. The van der Waals surface area contributed by atoms with Gasteiger partial charge in [0.25, 0.3) is 0 Å². The van der Waals surface area contributed by atoms with Crippen molar-refractivity contribution in [1.82, 2.24) is 5.32 Å². The molecule has 16 heavy (non-hydrogen) atoms. The highest BCUT2D eigenvalue weighted by Crippen LogP contribution is 2.13. The van der Waals surface area contributed by atoms with Crippen molar-refractivity contribution in [3.8, 4) is 0 Å². The van der Waals surface area contributed by atoms with E-state index in [0.717, 1.165) is 26.1 Å². The second-order valence-electron chi connectivity index (χ2n) is 3.93. The lowest BCUT2D eigenvalue weighted by Crippen LogP contribution is -2.29. The van der Waals surface area contributed by atoms with Crippen molar-refractivity contribution in [2.24, 2.45) is 0 Å². The van der Waals surface area contributed by atoms with Crippen LogP contribution in [0.3, 0.4) is 0 Å². The molecule has 2 heteroatoms. The van der Waals surface area contributed by atoms with Gasteiger partial charge >= 0.3 is 0 Å². The van der Waals surface area contributed by atoms with E-state index in [0.29, 0.717) is 0 Å². The molecule has 1 aromatic rings. The first kappa shape index (κ1) is 12.8. The number of rotatable bonds is 7. The number of anilines is 1. The van der Waals surface area contributed by atoms with Crippen LogP contribution >= 0.6 is 0 Å². The number of nitrogens with one attached hydrogen (secondary N) is 1. The quantitative estimate of drug-likeness (QED) is 0.558. The molecule has 0 atom stereocenters. The number of aryl methyl sites for hydroxylation is 1. The van der Waals surface area contributed by atoms with Gasteiger partial charge in [-0.3, -0.25) is 0 Å². The molecule has 0 aliphatic carbocycles. The van der Waals surface area contributed by atoms with Gasteiger partial charge in [0.15, 0.2) is 0 Å². The average Bonchev–Trinajstić information content (AvgIpc) is 2.34. The van der Waals surface area contributed by atoms with Gasteiger partial charge in [0.2, 0.25) is 0 Å². The Kier molecular flexibility index (Phi) is 5.65. The minimum absolute atomic E-state index is 0.878. The lowest BCUT2D eigenvalue weighted by Gasteiger charge is -2.19. The Morgan fingerprint density at radius 3 is 2.56 bits per heavy atom. The van der Waals surface area contributed by atoms with E-state index in [1.807, 2.05) is 6.08 Å². The van der Waals surface area contributed by atoms with Crippen LogP contribution in [0.2, 0.25) is 0 Å². The third-order valence-electron chi connectivity index (χ3n) is 2.70. The lowest BCUT2D eigenvalue weighted by atomic mass is 10.1. The van der Waals surface area contributed by atoms with Crippen LogP contribution in [0.1, 0.15) is 12.5 Å². The number of likely N-dealkylation sites (N-methyl/N-ethyl adjacent to an activating group) is 1. The molecule has 0 aromatic heterocycles. The van der Waals surface area contributed by atoms with Gasteiger partial charge in [0, 0.05) is 32.4 Å². The summed E-state index contributed by atoms with van der Waals surface area (Å²) in [6, 6.07) is 8.77. The summed E-state index contributed by atoms with van der Waals surface area (Å²) in [6.07, 6.45) is 2.99. The van der Waals surface area contributed by atoms with Gasteiger partial charge in [-0.2, -0.15) is 0 Å².